The van der Waals surface area contributed by atoms with Crippen molar-refractivity contribution in [3.63, 3.8) is 0 Å². The normalized spacial score (nSPS) is 14.7. The molecule has 1 unspecified atom stereocenters. The molecule has 0 amide bonds. The van der Waals surface area contributed by atoms with E-state index in [1.54, 1.807) is 0 Å². The van der Waals surface area contributed by atoms with E-state index in [9.17, 15) is 14.7 Å². The fourth-order valence-electron chi connectivity index (χ4n) is 1.19. The summed E-state index contributed by atoms with van der Waals surface area (Å²) in [5.74, 6) is -2.76. The number of carboxylic acids is 2. The van der Waals surface area contributed by atoms with E-state index in [2.05, 4.69) is 0 Å². The van der Waals surface area contributed by atoms with Crippen LogP contribution in [0.2, 0.25) is 0 Å². The first kappa shape index (κ1) is 12.9. The molecule has 0 saturated carbocycles. The zero-order valence-corrected chi connectivity index (χ0v) is 8.19. The average molecular weight is 204 g/mol. The van der Waals surface area contributed by atoms with Crippen LogP contribution in [0, 0.1) is 0 Å². The first-order valence-corrected chi connectivity index (χ1v) is 4.60. The van der Waals surface area contributed by atoms with Crippen LogP contribution in [0.25, 0.3) is 0 Å². The summed E-state index contributed by atoms with van der Waals surface area (Å²) in [4.78, 5) is 21.0. The zero-order valence-electron chi connectivity index (χ0n) is 8.19. The summed E-state index contributed by atoms with van der Waals surface area (Å²) in [6.07, 6.45) is 1.44. The topological polar surface area (TPSA) is 94.8 Å². The Hall–Kier alpha value is -1.10. The number of rotatable bonds is 7. The molecule has 1 atom stereocenters. The van der Waals surface area contributed by atoms with Crippen LogP contribution in [0.4, 0.5) is 0 Å². The van der Waals surface area contributed by atoms with Gasteiger partial charge in [0, 0.05) is 0 Å². The third kappa shape index (κ3) is 4.23. The Morgan fingerprint density at radius 1 is 1.21 bits per heavy atom. The van der Waals surface area contributed by atoms with Gasteiger partial charge in [-0.2, -0.15) is 0 Å². The molecule has 3 N–H and O–H groups in total. The van der Waals surface area contributed by atoms with Gasteiger partial charge in [0.25, 0.3) is 0 Å². The second-order valence-corrected chi connectivity index (χ2v) is 3.36. The van der Waals surface area contributed by atoms with E-state index in [0.29, 0.717) is 6.42 Å². The van der Waals surface area contributed by atoms with Crippen LogP contribution in [0.1, 0.15) is 39.0 Å². The molecule has 0 bridgehead atoms. The Morgan fingerprint density at radius 2 is 1.79 bits per heavy atom. The average Bonchev–Trinajstić information content (AvgIpc) is 2.03. The summed E-state index contributed by atoms with van der Waals surface area (Å²) in [6, 6.07) is 0. The third-order valence-electron chi connectivity index (χ3n) is 2.04. The molecule has 5 nitrogen and oxygen atoms in total. The Kier molecular flexibility index (Phi) is 5.15. The number of hydrogen-bond donors (Lipinski definition) is 3. The van der Waals surface area contributed by atoms with Crippen LogP contribution < -0.4 is 0 Å². The van der Waals surface area contributed by atoms with Crippen LogP contribution in [-0.4, -0.2) is 32.9 Å². The number of unbranched alkanes of at least 4 members (excludes halogenated alkanes) is 2. The maximum Gasteiger partial charge on any atom is 0.336 e. The number of hydrogen-bond acceptors (Lipinski definition) is 3. The summed E-state index contributed by atoms with van der Waals surface area (Å²) in [7, 11) is 0. The maximum atomic E-state index is 10.6. The zero-order chi connectivity index (χ0) is 11.2. The first-order chi connectivity index (χ1) is 6.42. The highest BCUT2D eigenvalue weighted by Gasteiger charge is 2.37. The van der Waals surface area contributed by atoms with Crippen molar-refractivity contribution < 1.29 is 24.9 Å². The van der Waals surface area contributed by atoms with Gasteiger partial charge >= 0.3 is 11.9 Å². The van der Waals surface area contributed by atoms with Crippen LogP contribution in [0.3, 0.4) is 0 Å². The van der Waals surface area contributed by atoms with Crippen LogP contribution in [0.5, 0.6) is 0 Å². The molecular formula is C9H16O5. The van der Waals surface area contributed by atoms with Crippen LogP contribution in [0.15, 0.2) is 0 Å². The fraction of sp³-hybridized carbons (Fsp3) is 0.778. The van der Waals surface area contributed by atoms with E-state index in [4.69, 9.17) is 10.2 Å². The van der Waals surface area contributed by atoms with Gasteiger partial charge in [-0.25, -0.2) is 4.79 Å². The molecule has 0 radical (unpaired) electrons. The number of carbonyl (C=O) groups is 2. The molecule has 0 aliphatic carbocycles. The lowest BCUT2D eigenvalue weighted by Gasteiger charge is -2.20. The van der Waals surface area contributed by atoms with E-state index in [1.165, 1.54) is 0 Å². The van der Waals surface area contributed by atoms with Crippen molar-refractivity contribution in [1.29, 1.82) is 0 Å². The first-order valence-electron chi connectivity index (χ1n) is 4.60. The highest BCUT2D eigenvalue weighted by atomic mass is 16.4. The van der Waals surface area contributed by atoms with Crippen molar-refractivity contribution in [2.75, 3.05) is 0 Å². The van der Waals surface area contributed by atoms with Gasteiger partial charge in [-0.1, -0.05) is 19.8 Å². The van der Waals surface area contributed by atoms with Gasteiger partial charge in [0.05, 0.1) is 6.42 Å². The molecule has 0 aromatic carbocycles. The van der Waals surface area contributed by atoms with Crippen molar-refractivity contribution in [2.24, 2.45) is 0 Å². The van der Waals surface area contributed by atoms with Crippen molar-refractivity contribution in [2.45, 2.75) is 44.6 Å². The largest absolute Gasteiger partial charge is 0.481 e. The van der Waals surface area contributed by atoms with Crippen molar-refractivity contribution in [1.82, 2.24) is 0 Å². The van der Waals surface area contributed by atoms with Crippen molar-refractivity contribution in [3.05, 3.63) is 0 Å². The monoisotopic (exact) mass is 204 g/mol. The Morgan fingerprint density at radius 3 is 2.14 bits per heavy atom. The quantitative estimate of drug-likeness (QED) is 0.534. The Balaban J connectivity index is 4.24. The van der Waals surface area contributed by atoms with Crippen LogP contribution in [-0.2, 0) is 9.59 Å². The lowest BCUT2D eigenvalue weighted by atomic mass is 9.93. The molecule has 0 spiro atoms. The lowest BCUT2D eigenvalue weighted by molar-refractivity contribution is -0.166. The minimum absolute atomic E-state index is 0.0114. The Labute approximate surface area is 82.4 Å². The fourth-order valence-corrected chi connectivity index (χ4v) is 1.19. The minimum Gasteiger partial charge on any atom is -0.481 e. The van der Waals surface area contributed by atoms with E-state index >= 15 is 0 Å². The summed E-state index contributed by atoms with van der Waals surface area (Å²) in [5, 5.41) is 26.6. The van der Waals surface area contributed by atoms with E-state index in [0.717, 1.165) is 12.8 Å². The molecule has 0 aliphatic heterocycles. The van der Waals surface area contributed by atoms with Gasteiger partial charge in [0.1, 0.15) is 0 Å². The second kappa shape index (κ2) is 5.59. The molecule has 0 aromatic rings. The predicted octanol–water partition coefficient (Wildman–Crippen LogP) is 0.857. The van der Waals surface area contributed by atoms with Gasteiger partial charge < -0.3 is 15.3 Å². The molecule has 0 fully saturated rings. The standard InChI is InChI=1S/C9H16O5/c1-2-3-4-5-9(14,8(12)13)6-7(10)11/h14H,2-6H2,1H3,(H,10,11)(H,12,13). The molecule has 0 heterocycles. The molecule has 0 rings (SSSR count). The summed E-state index contributed by atoms with van der Waals surface area (Å²) in [6.45, 7) is 1.94. The molecule has 0 aliphatic rings. The summed E-state index contributed by atoms with van der Waals surface area (Å²) >= 11 is 0. The molecule has 0 saturated heterocycles. The van der Waals surface area contributed by atoms with Gasteiger partial charge in [-0.3, -0.25) is 4.79 Å². The smallest absolute Gasteiger partial charge is 0.336 e. The van der Waals surface area contributed by atoms with Gasteiger partial charge in [0.15, 0.2) is 5.60 Å². The van der Waals surface area contributed by atoms with Crippen LogP contribution >= 0.6 is 0 Å². The van der Waals surface area contributed by atoms with E-state index in [-0.39, 0.29) is 6.42 Å². The second-order valence-electron chi connectivity index (χ2n) is 3.36. The summed E-state index contributed by atoms with van der Waals surface area (Å²) < 4.78 is 0. The highest BCUT2D eigenvalue weighted by Crippen LogP contribution is 2.19. The van der Waals surface area contributed by atoms with E-state index < -0.39 is 24.0 Å². The maximum absolute atomic E-state index is 10.6. The number of aliphatic hydroxyl groups is 1. The molecular weight excluding hydrogens is 188 g/mol. The van der Waals surface area contributed by atoms with Gasteiger partial charge in [-0.15, -0.1) is 0 Å². The molecule has 82 valence electrons. The Bertz CT molecular complexity index is 213. The van der Waals surface area contributed by atoms with Crippen molar-refractivity contribution in [3.8, 4) is 0 Å². The van der Waals surface area contributed by atoms with Gasteiger partial charge in [0.2, 0.25) is 0 Å². The molecule has 5 heteroatoms. The SMILES string of the molecule is CCCCCC(O)(CC(=O)O)C(=O)O. The summed E-state index contributed by atoms with van der Waals surface area (Å²) in [5.41, 5.74) is -2.11. The molecule has 0 aromatic heterocycles. The highest BCUT2D eigenvalue weighted by molar-refractivity contribution is 5.83. The predicted molar refractivity (Wildman–Crippen MR) is 49.0 cm³/mol. The van der Waals surface area contributed by atoms with E-state index in [1.807, 2.05) is 6.92 Å². The number of aliphatic carboxylic acids is 2. The van der Waals surface area contributed by atoms with Gasteiger partial charge in [-0.05, 0) is 12.8 Å². The van der Waals surface area contributed by atoms with Crippen molar-refractivity contribution >= 4 is 11.9 Å². The third-order valence-corrected chi connectivity index (χ3v) is 2.04. The lowest BCUT2D eigenvalue weighted by Crippen LogP contribution is -2.40. The number of carboxylic acid groups (broad SMARTS) is 2. The minimum atomic E-state index is -2.11. The molecule has 14 heavy (non-hydrogen) atoms.